The van der Waals surface area contributed by atoms with Crippen LogP contribution in [0.5, 0.6) is 0 Å². The van der Waals surface area contributed by atoms with Crippen LogP contribution in [0.3, 0.4) is 0 Å². The summed E-state index contributed by atoms with van der Waals surface area (Å²) in [6, 6.07) is 6.53. The molecule has 0 fully saturated rings. The first kappa shape index (κ1) is 13.8. The van der Waals surface area contributed by atoms with Gasteiger partial charge in [0.15, 0.2) is 0 Å². The topological polar surface area (TPSA) is 49.3 Å². The van der Waals surface area contributed by atoms with Crippen molar-refractivity contribution >= 4 is 23.3 Å². The van der Waals surface area contributed by atoms with Crippen molar-refractivity contribution in [3.05, 3.63) is 29.3 Å². The summed E-state index contributed by atoms with van der Waals surface area (Å²) in [7, 11) is 0. The zero-order valence-corrected chi connectivity index (χ0v) is 10.9. The molecule has 0 saturated heterocycles. The van der Waals surface area contributed by atoms with Gasteiger partial charge in [-0.3, -0.25) is 0 Å². The van der Waals surface area contributed by atoms with Crippen molar-refractivity contribution in [3.8, 4) is 0 Å². The molecule has 94 valence electrons. The van der Waals surface area contributed by atoms with E-state index < -0.39 is 12.0 Å². The average molecular weight is 256 g/mol. The Bertz CT molecular complexity index is 360. The van der Waals surface area contributed by atoms with Gasteiger partial charge < -0.3 is 10.4 Å². The van der Waals surface area contributed by atoms with Crippen LogP contribution in [0.2, 0.25) is 5.02 Å². The Labute approximate surface area is 107 Å². The van der Waals surface area contributed by atoms with Gasteiger partial charge in [0, 0.05) is 10.7 Å². The Hall–Kier alpha value is -1.22. The number of hydrogen-bond acceptors (Lipinski definition) is 2. The van der Waals surface area contributed by atoms with Crippen LogP contribution in [0.4, 0.5) is 5.69 Å². The quantitative estimate of drug-likeness (QED) is 0.816. The number of nitrogens with one attached hydrogen (secondary N) is 1. The number of aliphatic carboxylic acids is 1. The molecule has 0 bridgehead atoms. The van der Waals surface area contributed by atoms with Crippen LogP contribution in [-0.4, -0.2) is 17.1 Å². The molecule has 1 aromatic rings. The SMILES string of the molecule is CCC(CC)C(Nc1ccc(Cl)cc1)C(=O)O. The highest BCUT2D eigenvalue weighted by Crippen LogP contribution is 2.20. The van der Waals surface area contributed by atoms with Crippen LogP contribution in [0, 0.1) is 5.92 Å². The highest BCUT2D eigenvalue weighted by Gasteiger charge is 2.25. The second-order valence-corrected chi connectivity index (χ2v) is 4.48. The van der Waals surface area contributed by atoms with Gasteiger partial charge in [0.25, 0.3) is 0 Å². The van der Waals surface area contributed by atoms with Crippen molar-refractivity contribution in [2.75, 3.05) is 5.32 Å². The van der Waals surface area contributed by atoms with Gasteiger partial charge >= 0.3 is 5.97 Å². The number of hydrogen-bond donors (Lipinski definition) is 2. The predicted octanol–water partition coefficient (Wildman–Crippen LogP) is 3.64. The first-order valence-corrected chi connectivity index (χ1v) is 6.21. The van der Waals surface area contributed by atoms with Gasteiger partial charge in [-0.25, -0.2) is 4.79 Å². The summed E-state index contributed by atoms with van der Waals surface area (Å²) < 4.78 is 0. The Morgan fingerprint density at radius 1 is 1.29 bits per heavy atom. The van der Waals surface area contributed by atoms with E-state index in [9.17, 15) is 9.90 Å². The van der Waals surface area contributed by atoms with E-state index in [0.717, 1.165) is 18.5 Å². The van der Waals surface area contributed by atoms with E-state index in [1.165, 1.54) is 0 Å². The minimum Gasteiger partial charge on any atom is -0.480 e. The minimum atomic E-state index is -0.811. The Morgan fingerprint density at radius 2 is 1.82 bits per heavy atom. The van der Waals surface area contributed by atoms with E-state index in [1.54, 1.807) is 24.3 Å². The third kappa shape index (κ3) is 3.93. The molecule has 0 aliphatic carbocycles. The molecule has 1 aromatic carbocycles. The van der Waals surface area contributed by atoms with E-state index in [0.29, 0.717) is 5.02 Å². The largest absolute Gasteiger partial charge is 0.480 e. The maximum Gasteiger partial charge on any atom is 0.326 e. The van der Waals surface area contributed by atoms with Gasteiger partial charge in [0.2, 0.25) is 0 Å². The summed E-state index contributed by atoms with van der Waals surface area (Å²) in [5.41, 5.74) is 0.786. The number of carboxylic acids is 1. The van der Waals surface area contributed by atoms with Gasteiger partial charge in [0.05, 0.1) is 0 Å². The van der Waals surface area contributed by atoms with Gasteiger partial charge in [-0.2, -0.15) is 0 Å². The van der Waals surface area contributed by atoms with Crippen molar-refractivity contribution in [2.24, 2.45) is 5.92 Å². The first-order chi connectivity index (χ1) is 8.08. The summed E-state index contributed by atoms with van der Waals surface area (Å²) in [6.45, 7) is 4.02. The lowest BCUT2D eigenvalue weighted by Crippen LogP contribution is -2.36. The molecule has 2 N–H and O–H groups in total. The molecule has 0 amide bonds. The number of benzene rings is 1. The monoisotopic (exact) mass is 255 g/mol. The zero-order valence-electron chi connectivity index (χ0n) is 10.1. The molecule has 0 aromatic heterocycles. The van der Waals surface area contributed by atoms with Crippen molar-refractivity contribution in [3.63, 3.8) is 0 Å². The lowest BCUT2D eigenvalue weighted by Gasteiger charge is -2.23. The fourth-order valence-electron chi connectivity index (χ4n) is 1.87. The molecule has 1 unspecified atom stereocenters. The molecule has 0 spiro atoms. The minimum absolute atomic E-state index is 0.128. The molecule has 0 aliphatic rings. The van der Waals surface area contributed by atoms with E-state index >= 15 is 0 Å². The summed E-state index contributed by atoms with van der Waals surface area (Å²) >= 11 is 5.78. The van der Waals surface area contributed by atoms with Crippen molar-refractivity contribution in [1.82, 2.24) is 0 Å². The summed E-state index contributed by atoms with van der Waals surface area (Å²) in [5, 5.41) is 12.9. The van der Waals surface area contributed by atoms with E-state index in [-0.39, 0.29) is 5.92 Å². The number of rotatable bonds is 6. The van der Waals surface area contributed by atoms with E-state index in [2.05, 4.69) is 5.32 Å². The lowest BCUT2D eigenvalue weighted by molar-refractivity contribution is -0.139. The average Bonchev–Trinajstić information content (AvgIpc) is 2.31. The third-order valence-corrected chi connectivity index (χ3v) is 3.20. The molecule has 0 saturated carbocycles. The number of carboxylic acid groups (broad SMARTS) is 1. The van der Waals surface area contributed by atoms with Gasteiger partial charge in [-0.1, -0.05) is 38.3 Å². The van der Waals surface area contributed by atoms with Crippen molar-refractivity contribution in [1.29, 1.82) is 0 Å². The predicted molar refractivity (Wildman–Crippen MR) is 70.6 cm³/mol. The molecule has 3 nitrogen and oxygen atoms in total. The maximum atomic E-state index is 11.2. The first-order valence-electron chi connectivity index (χ1n) is 5.83. The molecule has 4 heteroatoms. The summed E-state index contributed by atoms with van der Waals surface area (Å²) in [4.78, 5) is 11.2. The maximum absolute atomic E-state index is 11.2. The standard InChI is InChI=1S/C13H18ClNO2/c1-3-9(4-2)12(13(16)17)15-11-7-5-10(14)6-8-11/h5-9,12,15H,3-4H2,1-2H3,(H,16,17). The Morgan fingerprint density at radius 3 is 2.24 bits per heavy atom. The molecule has 17 heavy (non-hydrogen) atoms. The highest BCUT2D eigenvalue weighted by atomic mass is 35.5. The van der Waals surface area contributed by atoms with Crippen molar-refractivity contribution in [2.45, 2.75) is 32.7 Å². The molecule has 0 aliphatic heterocycles. The number of anilines is 1. The van der Waals surface area contributed by atoms with Crippen LogP contribution < -0.4 is 5.32 Å². The smallest absolute Gasteiger partial charge is 0.326 e. The van der Waals surface area contributed by atoms with Gasteiger partial charge in [-0.15, -0.1) is 0 Å². The summed E-state index contributed by atoms with van der Waals surface area (Å²) in [6.07, 6.45) is 1.68. The number of carbonyl (C=O) groups is 1. The van der Waals surface area contributed by atoms with Gasteiger partial charge in [0.1, 0.15) is 6.04 Å². The third-order valence-electron chi connectivity index (χ3n) is 2.95. The summed E-state index contributed by atoms with van der Waals surface area (Å²) in [5.74, 6) is -0.683. The zero-order chi connectivity index (χ0) is 12.8. The molecule has 1 atom stereocenters. The fraction of sp³-hybridized carbons (Fsp3) is 0.462. The Kier molecular flexibility index (Phi) is 5.29. The van der Waals surface area contributed by atoms with E-state index in [4.69, 9.17) is 11.6 Å². The van der Waals surface area contributed by atoms with Crippen LogP contribution in [-0.2, 0) is 4.79 Å². The molecule has 1 rings (SSSR count). The Balaban J connectivity index is 2.79. The van der Waals surface area contributed by atoms with E-state index in [1.807, 2.05) is 13.8 Å². The molecule has 0 heterocycles. The van der Waals surface area contributed by atoms with Crippen LogP contribution in [0.25, 0.3) is 0 Å². The second-order valence-electron chi connectivity index (χ2n) is 4.04. The van der Waals surface area contributed by atoms with Crippen LogP contribution >= 0.6 is 11.6 Å². The molecular weight excluding hydrogens is 238 g/mol. The lowest BCUT2D eigenvalue weighted by atomic mass is 9.94. The van der Waals surface area contributed by atoms with Crippen LogP contribution in [0.15, 0.2) is 24.3 Å². The van der Waals surface area contributed by atoms with Gasteiger partial charge in [-0.05, 0) is 30.2 Å². The molecular formula is C13H18ClNO2. The highest BCUT2D eigenvalue weighted by molar-refractivity contribution is 6.30. The molecule has 0 radical (unpaired) electrons. The normalized spacial score (nSPS) is 12.5. The van der Waals surface area contributed by atoms with Crippen molar-refractivity contribution < 1.29 is 9.90 Å². The van der Waals surface area contributed by atoms with Crippen LogP contribution in [0.1, 0.15) is 26.7 Å². The number of halogens is 1. The second kappa shape index (κ2) is 6.50. The fourth-order valence-corrected chi connectivity index (χ4v) is 1.99.